The van der Waals surface area contributed by atoms with Gasteiger partial charge < -0.3 is 5.11 Å². The third kappa shape index (κ3) is 16.4. The fourth-order valence-corrected chi connectivity index (χ4v) is 1.65. The van der Waals surface area contributed by atoms with Gasteiger partial charge in [-0.1, -0.05) is 55.5 Å². The maximum absolute atomic E-state index is 10.3. The first-order valence-corrected chi connectivity index (χ1v) is 7.59. The Labute approximate surface area is 123 Å². The van der Waals surface area contributed by atoms with Crippen molar-refractivity contribution in [3.8, 4) is 0 Å². The van der Waals surface area contributed by atoms with E-state index < -0.39 is 5.97 Å². The van der Waals surface area contributed by atoms with E-state index in [1.807, 2.05) is 6.08 Å². The average Bonchev–Trinajstić information content (AvgIpc) is 2.43. The lowest BCUT2D eigenvalue weighted by Gasteiger charge is -1.92. The molecule has 0 fully saturated rings. The first-order chi connectivity index (χ1) is 9.77. The SMILES string of the molecule is CCC=CCC=CCC=CCCCCC=CCC(=O)O. The molecule has 0 bridgehead atoms. The molecular formula is C18H28O2. The molecule has 0 aromatic heterocycles. The number of carbonyl (C=O) groups is 1. The van der Waals surface area contributed by atoms with Crippen LogP contribution in [0.25, 0.3) is 0 Å². The number of unbranched alkanes of at least 4 members (excludes halogenated alkanes) is 3. The van der Waals surface area contributed by atoms with Gasteiger partial charge in [-0.2, -0.15) is 0 Å². The number of hydrogen-bond donors (Lipinski definition) is 1. The molecule has 2 nitrogen and oxygen atoms in total. The zero-order chi connectivity index (χ0) is 14.9. The molecule has 0 aliphatic rings. The minimum Gasteiger partial charge on any atom is -0.481 e. The molecular weight excluding hydrogens is 248 g/mol. The van der Waals surface area contributed by atoms with Crippen molar-refractivity contribution in [2.24, 2.45) is 0 Å². The second kappa shape index (κ2) is 15.5. The number of hydrogen-bond acceptors (Lipinski definition) is 1. The molecule has 0 saturated heterocycles. The molecule has 0 aromatic rings. The van der Waals surface area contributed by atoms with Gasteiger partial charge in [0.25, 0.3) is 0 Å². The van der Waals surface area contributed by atoms with E-state index in [-0.39, 0.29) is 6.42 Å². The van der Waals surface area contributed by atoms with Gasteiger partial charge in [0.2, 0.25) is 0 Å². The highest BCUT2D eigenvalue weighted by atomic mass is 16.4. The summed E-state index contributed by atoms with van der Waals surface area (Å²) in [5, 5.41) is 8.45. The van der Waals surface area contributed by atoms with Gasteiger partial charge in [0.15, 0.2) is 0 Å². The lowest BCUT2D eigenvalue weighted by molar-refractivity contribution is -0.136. The van der Waals surface area contributed by atoms with Gasteiger partial charge in [0, 0.05) is 0 Å². The van der Waals surface area contributed by atoms with E-state index in [1.165, 1.54) is 0 Å². The quantitative estimate of drug-likeness (QED) is 0.381. The Balaban J connectivity index is 3.33. The van der Waals surface area contributed by atoms with Crippen LogP contribution < -0.4 is 0 Å². The Morgan fingerprint density at radius 2 is 1.30 bits per heavy atom. The summed E-state index contributed by atoms with van der Waals surface area (Å²) in [6.07, 6.45) is 24.6. The highest BCUT2D eigenvalue weighted by Crippen LogP contribution is 2.03. The predicted molar refractivity (Wildman–Crippen MR) is 86.8 cm³/mol. The van der Waals surface area contributed by atoms with Gasteiger partial charge in [-0.3, -0.25) is 4.79 Å². The van der Waals surface area contributed by atoms with Crippen molar-refractivity contribution in [3.05, 3.63) is 48.6 Å². The first kappa shape index (κ1) is 18.4. The molecule has 0 heterocycles. The van der Waals surface area contributed by atoms with Crippen LogP contribution in [0.1, 0.15) is 58.3 Å². The van der Waals surface area contributed by atoms with Crippen molar-refractivity contribution in [3.63, 3.8) is 0 Å². The average molecular weight is 276 g/mol. The molecule has 1 N–H and O–H groups in total. The Kier molecular flexibility index (Phi) is 14.3. The Morgan fingerprint density at radius 1 is 0.800 bits per heavy atom. The first-order valence-electron chi connectivity index (χ1n) is 7.59. The van der Waals surface area contributed by atoms with Crippen molar-refractivity contribution < 1.29 is 9.90 Å². The van der Waals surface area contributed by atoms with E-state index >= 15 is 0 Å². The third-order valence-corrected chi connectivity index (χ3v) is 2.73. The van der Waals surface area contributed by atoms with Crippen molar-refractivity contribution in [1.82, 2.24) is 0 Å². The molecule has 0 aliphatic carbocycles. The summed E-state index contributed by atoms with van der Waals surface area (Å²) < 4.78 is 0. The lowest BCUT2D eigenvalue weighted by atomic mass is 10.1. The second-order valence-electron chi connectivity index (χ2n) is 4.65. The van der Waals surface area contributed by atoms with Crippen LogP contribution in [0.3, 0.4) is 0 Å². The number of aliphatic carboxylic acids is 1. The molecule has 112 valence electrons. The van der Waals surface area contributed by atoms with Gasteiger partial charge >= 0.3 is 5.97 Å². The van der Waals surface area contributed by atoms with Crippen molar-refractivity contribution >= 4 is 5.97 Å². The minimum atomic E-state index is -0.762. The number of carboxylic acid groups (broad SMARTS) is 1. The fourth-order valence-electron chi connectivity index (χ4n) is 1.65. The fraction of sp³-hybridized carbons (Fsp3) is 0.500. The van der Waals surface area contributed by atoms with Crippen LogP contribution in [0.5, 0.6) is 0 Å². The molecule has 0 rings (SSSR count). The van der Waals surface area contributed by atoms with Gasteiger partial charge in [0.05, 0.1) is 6.42 Å². The van der Waals surface area contributed by atoms with E-state index in [1.54, 1.807) is 6.08 Å². The topological polar surface area (TPSA) is 37.3 Å². The second-order valence-corrected chi connectivity index (χ2v) is 4.65. The number of carboxylic acids is 1. The summed E-state index contributed by atoms with van der Waals surface area (Å²) in [6.45, 7) is 2.14. The summed E-state index contributed by atoms with van der Waals surface area (Å²) in [7, 11) is 0. The van der Waals surface area contributed by atoms with Gasteiger partial charge in [-0.25, -0.2) is 0 Å². The van der Waals surface area contributed by atoms with Crippen LogP contribution in [-0.4, -0.2) is 11.1 Å². The highest BCUT2D eigenvalue weighted by molar-refractivity contribution is 5.68. The van der Waals surface area contributed by atoms with Crippen LogP contribution in [0.2, 0.25) is 0 Å². The van der Waals surface area contributed by atoms with Gasteiger partial charge in [-0.05, 0) is 44.9 Å². The summed E-state index contributed by atoms with van der Waals surface area (Å²) in [6, 6.07) is 0. The van der Waals surface area contributed by atoms with E-state index in [0.717, 1.165) is 44.9 Å². The number of rotatable bonds is 12. The number of allylic oxidation sites excluding steroid dienone is 7. The lowest BCUT2D eigenvalue weighted by Crippen LogP contribution is -1.89. The van der Waals surface area contributed by atoms with Crippen LogP contribution in [0.4, 0.5) is 0 Å². The standard InChI is InChI=1S/C18H28O2/c1-2-3-4-5-6-7-8-9-10-11-12-13-14-15-16-17-18(19)20/h3-4,6-7,9-10,15-16H,2,5,8,11-14,17H2,1H3,(H,19,20). The highest BCUT2D eigenvalue weighted by Gasteiger charge is 1.88. The molecule has 2 heteroatoms. The maximum atomic E-state index is 10.3. The summed E-state index contributed by atoms with van der Waals surface area (Å²) in [5.74, 6) is -0.762. The largest absolute Gasteiger partial charge is 0.481 e. The molecule has 0 saturated carbocycles. The summed E-state index contributed by atoms with van der Waals surface area (Å²) >= 11 is 0. The molecule has 0 unspecified atom stereocenters. The zero-order valence-electron chi connectivity index (χ0n) is 12.6. The van der Waals surface area contributed by atoms with Crippen LogP contribution >= 0.6 is 0 Å². The normalized spacial score (nSPS) is 12.4. The van der Waals surface area contributed by atoms with E-state index in [9.17, 15) is 4.79 Å². The smallest absolute Gasteiger partial charge is 0.307 e. The Bertz CT molecular complexity index is 335. The molecule has 0 aromatic carbocycles. The molecule has 0 spiro atoms. The molecule has 20 heavy (non-hydrogen) atoms. The van der Waals surface area contributed by atoms with Crippen LogP contribution in [0, 0.1) is 0 Å². The van der Waals surface area contributed by atoms with Gasteiger partial charge in [-0.15, -0.1) is 0 Å². The Morgan fingerprint density at radius 3 is 1.85 bits per heavy atom. The minimum absolute atomic E-state index is 0.139. The molecule has 0 atom stereocenters. The van der Waals surface area contributed by atoms with Crippen molar-refractivity contribution in [1.29, 1.82) is 0 Å². The third-order valence-electron chi connectivity index (χ3n) is 2.73. The zero-order valence-corrected chi connectivity index (χ0v) is 12.6. The molecule has 0 radical (unpaired) electrons. The summed E-state index contributed by atoms with van der Waals surface area (Å²) in [4.78, 5) is 10.3. The summed E-state index contributed by atoms with van der Waals surface area (Å²) in [5.41, 5.74) is 0. The molecule has 0 aliphatic heterocycles. The van der Waals surface area contributed by atoms with Crippen molar-refractivity contribution in [2.75, 3.05) is 0 Å². The Hall–Kier alpha value is -1.57. The van der Waals surface area contributed by atoms with E-state index in [4.69, 9.17) is 5.11 Å². The van der Waals surface area contributed by atoms with Crippen molar-refractivity contribution in [2.45, 2.75) is 58.3 Å². The van der Waals surface area contributed by atoms with Gasteiger partial charge in [0.1, 0.15) is 0 Å². The maximum Gasteiger partial charge on any atom is 0.307 e. The molecule has 0 amide bonds. The van der Waals surface area contributed by atoms with E-state index in [0.29, 0.717) is 0 Å². The predicted octanol–water partition coefficient (Wildman–Crippen LogP) is 5.44. The van der Waals surface area contributed by atoms with E-state index in [2.05, 4.69) is 43.4 Å². The van der Waals surface area contributed by atoms with Crippen LogP contribution in [-0.2, 0) is 4.79 Å². The monoisotopic (exact) mass is 276 g/mol. The van der Waals surface area contributed by atoms with Crippen LogP contribution in [0.15, 0.2) is 48.6 Å².